The molecule has 2 rings (SSSR count). The van der Waals surface area contributed by atoms with Crippen LogP contribution >= 0.6 is 0 Å². The maximum atomic E-state index is 12.4. The number of rotatable bonds is 5. The third-order valence-electron chi connectivity index (χ3n) is 3.10. The minimum atomic E-state index is -3.61. The zero-order chi connectivity index (χ0) is 14.6. The molecule has 0 fully saturated rings. The van der Waals surface area contributed by atoms with Gasteiger partial charge in [0.05, 0.1) is 4.90 Å². The van der Waals surface area contributed by atoms with Crippen LogP contribution in [0.4, 0.5) is 5.69 Å². The molecule has 0 aliphatic heterocycles. The van der Waals surface area contributed by atoms with Crippen LogP contribution in [-0.4, -0.2) is 8.42 Å². The maximum Gasteiger partial charge on any atom is 0.262 e. The van der Waals surface area contributed by atoms with E-state index in [1.165, 1.54) is 0 Å². The molecule has 0 atom stereocenters. The van der Waals surface area contributed by atoms with Crippen LogP contribution in [0.25, 0.3) is 0 Å². The Balaban J connectivity index is 2.30. The molecule has 0 amide bonds. The van der Waals surface area contributed by atoms with E-state index in [4.69, 9.17) is 5.73 Å². The van der Waals surface area contributed by atoms with Gasteiger partial charge in [-0.25, -0.2) is 8.42 Å². The summed E-state index contributed by atoms with van der Waals surface area (Å²) in [5.41, 5.74) is 7.90. The molecule has 0 aliphatic carbocycles. The van der Waals surface area contributed by atoms with E-state index in [-0.39, 0.29) is 11.4 Å². The van der Waals surface area contributed by atoms with Gasteiger partial charge in [-0.3, -0.25) is 4.72 Å². The topological polar surface area (TPSA) is 72.2 Å². The Hall–Kier alpha value is -1.85. The number of hydrogen-bond acceptors (Lipinski definition) is 3. The zero-order valence-electron chi connectivity index (χ0n) is 11.3. The van der Waals surface area contributed by atoms with Crippen molar-refractivity contribution in [2.75, 3.05) is 4.72 Å². The maximum absolute atomic E-state index is 12.4. The van der Waals surface area contributed by atoms with Gasteiger partial charge in [0.25, 0.3) is 10.0 Å². The van der Waals surface area contributed by atoms with Crippen molar-refractivity contribution in [3.63, 3.8) is 0 Å². The van der Waals surface area contributed by atoms with Gasteiger partial charge in [-0.2, -0.15) is 0 Å². The van der Waals surface area contributed by atoms with Crippen molar-refractivity contribution in [1.29, 1.82) is 0 Å². The summed E-state index contributed by atoms with van der Waals surface area (Å²) in [4.78, 5) is 0.224. The van der Waals surface area contributed by atoms with Gasteiger partial charge < -0.3 is 5.73 Å². The Bertz CT molecular complexity index is 679. The summed E-state index contributed by atoms with van der Waals surface area (Å²) in [6.45, 7) is 2.24. The standard InChI is InChI=1S/C15H18N2O2S/c1-2-12-7-9-14(10-8-12)17-20(18,19)15-6-4-3-5-13(15)11-16/h3-10,17H,2,11,16H2,1H3. The first-order chi connectivity index (χ1) is 9.56. The first-order valence-electron chi connectivity index (χ1n) is 6.46. The lowest BCUT2D eigenvalue weighted by atomic mass is 10.2. The number of benzene rings is 2. The van der Waals surface area contributed by atoms with Gasteiger partial charge in [0.1, 0.15) is 0 Å². The molecule has 0 aromatic heterocycles. The van der Waals surface area contributed by atoms with E-state index in [0.717, 1.165) is 12.0 Å². The average Bonchev–Trinajstić information content (AvgIpc) is 2.47. The first-order valence-corrected chi connectivity index (χ1v) is 7.95. The van der Waals surface area contributed by atoms with Gasteiger partial charge in [-0.15, -0.1) is 0 Å². The minimum Gasteiger partial charge on any atom is -0.326 e. The van der Waals surface area contributed by atoms with Crippen LogP contribution < -0.4 is 10.5 Å². The second-order valence-corrected chi connectivity index (χ2v) is 6.12. The monoisotopic (exact) mass is 290 g/mol. The van der Waals surface area contributed by atoms with E-state index >= 15 is 0 Å². The third-order valence-corrected chi connectivity index (χ3v) is 4.58. The quantitative estimate of drug-likeness (QED) is 0.888. The Morgan fingerprint density at radius 2 is 1.70 bits per heavy atom. The van der Waals surface area contributed by atoms with E-state index in [2.05, 4.69) is 11.6 Å². The van der Waals surface area contributed by atoms with Crippen LogP contribution in [0.5, 0.6) is 0 Å². The number of anilines is 1. The number of aryl methyl sites for hydroxylation is 1. The molecule has 20 heavy (non-hydrogen) atoms. The van der Waals surface area contributed by atoms with Crippen molar-refractivity contribution in [2.45, 2.75) is 24.8 Å². The van der Waals surface area contributed by atoms with Gasteiger partial charge >= 0.3 is 0 Å². The lowest BCUT2D eigenvalue weighted by molar-refractivity contribution is 0.600. The number of hydrogen-bond donors (Lipinski definition) is 2. The summed E-state index contributed by atoms with van der Waals surface area (Å²) in [6, 6.07) is 14.1. The first kappa shape index (κ1) is 14.6. The Kier molecular flexibility index (Phi) is 4.42. The zero-order valence-corrected chi connectivity index (χ0v) is 12.2. The molecule has 0 bridgehead atoms. The molecule has 0 saturated carbocycles. The van der Waals surface area contributed by atoms with Crippen LogP contribution in [-0.2, 0) is 23.0 Å². The smallest absolute Gasteiger partial charge is 0.262 e. The molecule has 0 spiro atoms. The van der Waals surface area contributed by atoms with Crippen molar-refractivity contribution >= 4 is 15.7 Å². The molecule has 5 heteroatoms. The molecular weight excluding hydrogens is 272 g/mol. The van der Waals surface area contributed by atoms with Crippen molar-refractivity contribution in [3.8, 4) is 0 Å². The summed E-state index contributed by atoms with van der Waals surface area (Å²) < 4.78 is 27.3. The van der Waals surface area contributed by atoms with E-state index in [1.807, 2.05) is 12.1 Å². The highest BCUT2D eigenvalue weighted by Crippen LogP contribution is 2.19. The molecule has 0 unspecified atom stereocenters. The lowest BCUT2D eigenvalue weighted by Gasteiger charge is -2.11. The van der Waals surface area contributed by atoms with Gasteiger partial charge in [-0.05, 0) is 35.7 Å². The van der Waals surface area contributed by atoms with Gasteiger partial charge in [-0.1, -0.05) is 37.3 Å². The van der Waals surface area contributed by atoms with Crippen LogP contribution in [0, 0.1) is 0 Å². The molecule has 0 saturated heterocycles. The molecule has 0 radical (unpaired) electrons. The van der Waals surface area contributed by atoms with Crippen LogP contribution in [0.1, 0.15) is 18.1 Å². The second-order valence-electron chi connectivity index (χ2n) is 4.47. The SMILES string of the molecule is CCc1ccc(NS(=O)(=O)c2ccccc2CN)cc1. The molecule has 2 aromatic carbocycles. The number of nitrogens with one attached hydrogen (secondary N) is 1. The van der Waals surface area contributed by atoms with E-state index < -0.39 is 10.0 Å². The predicted molar refractivity (Wildman–Crippen MR) is 81.0 cm³/mol. The van der Waals surface area contributed by atoms with E-state index in [1.54, 1.807) is 36.4 Å². The fraction of sp³-hybridized carbons (Fsp3) is 0.200. The normalized spacial score (nSPS) is 11.3. The van der Waals surface area contributed by atoms with Crippen molar-refractivity contribution < 1.29 is 8.42 Å². The average molecular weight is 290 g/mol. The van der Waals surface area contributed by atoms with Crippen molar-refractivity contribution in [1.82, 2.24) is 0 Å². The van der Waals surface area contributed by atoms with Gasteiger partial charge in [0, 0.05) is 12.2 Å². The highest BCUT2D eigenvalue weighted by molar-refractivity contribution is 7.92. The largest absolute Gasteiger partial charge is 0.326 e. The van der Waals surface area contributed by atoms with Gasteiger partial charge in [0.2, 0.25) is 0 Å². The molecule has 0 heterocycles. The summed E-state index contributed by atoms with van der Waals surface area (Å²) in [5.74, 6) is 0. The fourth-order valence-electron chi connectivity index (χ4n) is 1.95. The Labute approximate surface area is 119 Å². The lowest BCUT2D eigenvalue weighted by Crippen LogP contribution is -2.16. The number of sulfonamides is 1. The van der Waals surface area contributed by atoms with Gasteiger partial charge in [0.15, 0.2) is 0 Å². The highest BCUT2D eigenvalue weighted by atomic mass is 32.2. The molecule has 2 aromatic rings. The third kappa shape index (κ3) is 3.18. The Morgan fingerprint density at radius 1 is 1.05 bits per heavy atom. The highest BCUT2D eigenvalue weighted by Gasteiger charge is 2.17. The number of nitrogens with two attached hydrogens (primary N) is 1. The molecule has 3 N–H and O–H groups in total. The van der Waals surface area contributed by atoms with Crippen molar-refractivity contribution in [2.24, 2.45) is 5.73 Å². The predicted octanol–water partition coefficient (Wildman–Crippen LogP) is 2.51. The molecule has 0 aliphatic rings. The molecule has 4 nitrogen and oxygen atoms in total. The summed E-state index contributed by atoms with van der Waals surface area (Å²) in [5, 5.41) is 0. The molecule has 106 valence electrons. The molecular formula is C15H18N2O2S. The minimum absolute atomic E-state index is 0.186. The van der Waals surface area contributed by atoms with Crippen LogP contribution in [0.2, 0.25) is 0 Å². The van der Waals surface area contributed by atoms with Crippen LogP contribution in [0.15, 0.2) is 53.4 Å². The summed E-state index contributed by atoms with van der Waals surface area (Å²) >= 11 is 0. The van der Waals surface area contributed by atoms with Crippen LogP contribution in [0.3, 0.4) is 0 Å². The Morgan fingerprint density at radius 3 is 2.30 bits per heavy atom. The fourth-order valence-corrected chi connectivity index (χ4v) is 3.26. The summed E-state index contributed by atoms with van der Waals surface area (Å²) in [6.07, 6.45) is 0.920. The van der Waals surface area contributed by atoms with E-state index in [9.17, 15) is 8.42 Å². The van der Waals surface area contributed by atoms with Crippen molar-refractivity contribution in [3.05, 3.63) is 59.7 Å². The van der Waals surface area contributed by atoms with E-state index in [0.29, 0.717) is 11.3 Å². The summed E-state index contributed by atoms with van der Waals surface area (Å²) in [7, 11) is -3.61. The second kappa shape index (κ2) is 6.07.